The molecule has 0 fully saturated rings. The number of carbonyl (C=O) groups is 1. The molecule has 1 aliphatic rings. The highest BCUT2D eigenvalue weighted by Gasteiger charge is 2.12. The number of benzene rings is 1. The largest absolute Gasteiger partial charge is 0.350 e. The molecule has 0 atom stereocenters. The number of nitrogens with one attached hydrogen (secondary N) is 2. The SMILES string of the molecule is Cc1nc(Nc2ccccc2C#N)cc(C(=O)NCCC2=CCCCC2)n1. The first-order valence-corrected chi connectivity index (χ1v) is 9.23. The van der Waals surface area contributed by atoms with Crippen LogP contribution >= 0.6 is 0 Å². The second kappa shape index (κ2) is 8.95. The summed E-state index contributed by atoms with van der Waals surface area (Å²) in [5, 5.41) is 15.2. The van der Waals surface area contributed by atoms with Crippen molar-refractivity contribution >= 4 is 17.4 Å². The number of hydrogen-bond donors (Lipinski definition) is 2. The van der Waals surface area contributed by atoms with E-state index >= 15 is 0 Å². The molecule has 2 N–H and O–H groups in total. The van der Waals surface area contributed by atoms with Gasteiger partial charge in [0, 0.05) is 12.6 Å². The molecule has 0 aliphatic heterocycles. The predicted octanol–water partition coefficient (Wildman–Crippen LogP) is 4.02. The molecule has 1 aromatic carbocycles. The van der Waals surface area contributed by atoms with E-state index in [1.807, 2.05) is 6.07 Å². The number of amides is 1. The van der Waals surface area contributed by atoms with Crippen LogP contribution in [-0.4, -0.2) is 22.4 Å². The zero-order chi connectivity index (χ0) is 19.1. The Morgan fingerprint density at radius 1 is 1.26 bits per heavy atom. The fourth-order valence-corrected chi connectivity index (χ4v) is 3.13. The van der Waals surface area contributed by atoms with Crippen molar-refractivity contribution in [2.45, 2.75) is 39.0 Å². The lowest BCUT2D eigenvalue weighted by Crippen LogP contribution is -2.26. The number of anilines is 2. The maximum Gasteiger partial charge on any atom is 0.270 e. The van der Waals surface area contributed by atoms with Crippen molar-refractivity contribution in [3.63, 3.8) is 0 Å². The smallest absolute Gasteiger partial charge is 0.270 e. The van der Waals surface area contributed by atoms with Gasteiger partial charge in [-0.25, -0.2) is 9.97 Å². The lowest BCUT2D eigenvalue weighted by Gasteiger charge is -2.13. The van der Waals surface area contributed by atoms with Crippen molar-refractivity contribution in [1.29, 1.82) is 5.26 Å². The highest BCUT2D eigenvalue weighted by atomic mass is 16.1. The van der Waals surface area contributed by atoms with E-state index in [9.17, 15) is 10.1 Å². The van der Waals surface area contributed by atoms with Gasteiger partial charge < -0.3 is 10.6 Å². The van der Waals surface area contributed by atoms with Gasteiger partial charge in [-0.1, -0.05) is 23.8 Å². The Morgan fingerprint density at radius 2 is 2.11 bits per heavy atom. The third-order valence-electron chi connectivity index (χ3n) is 4.50. The van der Waals surface area contributed by atoms with Crippen LogP contribution in [0.3, 0.4) is 0 Å². The van der Waals surface area contributed by atoms with Gasteiger partial charge in [-0.15, -0.1) is 0 Å². The van der Waals surface area contributed by atoms with Crippen molar-refractivity contribution in [3.8, 4) is 6.07 Å². The molecular formula is C21H23N5O. The van der Waals surface area contributed by atoms with E-state index < -0.39 is 0 Å². The minimum atomic E-state index is -0.214. The number of allylic oxidation sites excluding steroid dienone is 1. The van der Waals surface area contributed by atoms with Crippen LogP contribution in [0.4, 0.5) is 11.5 Å². The molecule has 0 saturated heterocycles. The van der Waals surface area contributed by atoms with Crippen molar-refractivity contribution in [2.24, 2.45) is 0 Å². The van der Waals surface area contributed by atoms with E-state index in [0.29, 0.717) is 35.1 Å². The monoisotopic (exact) mass is 361 g/mol. The third-order valence-corrected chi connectivity index (χ3v) is 4.50. The fraction of sp³-hybridized carbons (Fsp3) is 0.333. The van der Waals surface area contributed by atoms with E-state index in [1.165, 1.54) is 18.4 Å². The van der Waals surface area contributed by atoms with Gasteiger partial charge in [0.1, 0.15) is 23.4 Å². The molecular weight excluding hydrogens is 338 g/mol. The predicted molar refractivity (Wildman–Crippen MR) is 105 cm³/mol. The van der Waals surface area contributed by atoms with E-state index in [2.05, 4.69) is 32.7 Å². The first-order valence-electron chi connectivity index (χ1n) is 9.23. The number of aromatic nitrogens is 2. The van der Waals surface area contributed by atoms with E-state index in [1.54, 1.807) is 31.2 Å². The van der Waals surface area contributed by atoms with Crippen LogP contribution < -0.4 is 10.6 Å². The quantitative estimate of drug-likeness (QED) is 0.758. The summed E-state index contributed by atoms with van der Waals surface area (Å²) in [5.74, 6) is 0.772. The van der Waals surface area contributed by atoms with E-state index in [0.717, 1.165) is 19.3 Å². The Morgan fingerprint density at radius 3 is 2.89 bits per heavy atom. The zero-order valence-corrected chi connectivity index (χ0v) is 15.5. The lowest BCUT2D eigenvalue weighted by atomic mass is 9.97. The summed E-state index contributed by atoms with van der Waals surface area (Å²) in [7, 11) is 0. The summed E-state index contributed by atoms with van der Waals surface area (Å²) in [6.45, 7) is 2.35. The van der Waals surface area contributed by atoms with E-state index in [4.69, 9.17) is 0 Å². The fourth-order valence-electron chi connectivity index (χ4n) is 3.13. The molecule has 2 aromatic rings. The summed E-state index contributed by atoms with van der Waals surface area (Å²) in [6.07, 6.45) is 7.96. The van der Waals surface area contributed by atoms with Crippen LogP contribution in [-0.2, 0) is 0 Å². The van der Waals surface area contributed by atoms with Gasteiger partial charge in [-0.2, -0.15) is 5.26 Å². The Balaban J connectivity index is 1.66. The standard InChI is InChI=1S/C21H23N5O/c1-15-24-19(21(27)23-12-11-16-7-3-2-4-8-16)13-20(25-15)26-18-10-6-5-9-17(18)14-22/h5-7,9-10,13H,2-4,8,11-12H2,1H3,(H,23,27)(H,24,25,26). The number of hydrogen-bond acceptors (Lipinski definition) is 5. The Bertz CT molecular complexity index is 898. The molecule has 0 radical (unpaired) electrons. The van der Waals surface area contributed by atoms with Crippen LogP contribution in [0, 0.1) is 18.3 Å². The molecule has 138 valence electrons. The summed E-state index contributed by atoms with van der Waals surface area (Å²) < 4.78 is 0. The molecule has 1 aromatic heterocycles. The van der Waals surface area contributed by atoms with Crippen LogP contribution in [0.15, 0.2) is 42.0 Å². The molecule has 0 spiro atoms. The lowest BCUT2D eigenvalue weighted by molar-refractivity contribution is 0.0948. The first kappa shape index (κ1) is 18.6. The second-order valence-corrected chi connectivity index (χ2v) is 6.58. The molecule has 1 aliphatic carbocycles. The highest BCUT2D eigenvalue weighted by molar-refractivity contribution is 5.93. The van der Waals surface area contributed by atoms with Gasteiger partial charge >= 0.3 is 0 Å². The molecule has 1 amide bonds. The van der Waals surface area contributed by atoms with E-state index in [-0.39, 0.29) is 5.91 Å². The van der Waals surface area contributed by atoms with Gasteiger partial charge in [0.05, 0.1) is 11.3 Å². The topological polar surface area (TPSA) is 90.7 Å². The Hall–Kier alpha value is -3.20. The molecule has 3 rings (SSSR count). The van der Waals surface area contributed by atoms with Crippen molar-refractivity contribution in [3.05, 3.63) is 59.1 Å². The summed E-state index contributed by atoms with van der Waals surface area (Å²) in [5.41, 5.74) is 2.90. The molecule has 1 heterocycles. The molecule has 27 heavy (non-hydrogen) atoms. The number of nitriles is 1. The van der Waals surface area contributed by atoms with Crippen LogP contribution in [0.5, 0.6) is 0 Å². The number of para-hydroxylation sites is 1. The summed E-state index contributed by atoms with van der Waals surface area (Å²) in [6, 6.07) is 10.9. The average molecular weight is 361 g/mol. The Labute approximate surface area is 159 Å². The van der Waals surface area contributed by atoms with Crippen LogP contribution in [0.1, 0.15) is 54.0 Å². The van der Waals surface area contributed by atoms with Gasteiger partial charge in [-0.3, -0.25) is 4.79 Å². The van der Waals surface area contributed by atoms with Crippen LogP contribution in [0.25, 0.3) is 0 Å². The van der Waals surface area contributed by atoms with Gasteiger partial charge in [0.2, 0.25) is 0 Å². The molecule has 0 saturated carbocycles. The average Bonchev–Trinajstić information content (AvgIpc) is 2.68. The third kappa shape index (κ3) is 5.14. The molecule has 0 bridgehead atoms. The van der Waals surface area contributed by atoms with Crippen molar-refractivity contribution in [2.75, 3.05) is 11.9 Å². The minimum absolute atomic E-state index is 0.214. The second-order valence-electron chi connectivity index (χ2n) is 6.58. The first-order chi connectivity index (χ1) is 13.2. The number of aryl methyl sites for hydroxylation is 1. The number of carbonyl (C=O) groups excluding carboxylic acids is 1. The zero-order valence-electron chi connectivity index (χ0n) is 15.5. The minimum Gasteiger partial charge on any atom is -0.350 e. The van der Waals surface area contributed by atoms with Gasteiger partial charge in [0.25, 0.3) is 5.91 Å². The number of rotatable bonds is 6. The summed E-state index contributed by atoms with van der Waals surface area (Å²) in [4.78, 5) is 21.0. The Kier molecular flexibility index (Phi) is 6.16. The normalized spacial score (nSPS) is 13.4. The molecule has 0 unspecified atom stereocenters. The summed E-state index contributed by atoms with van der Waals surface area (Å²) >= 11 is 0. The molecule has 6 nitrogen and oxygen atoms in total. The van der Waals surface area contributed by atoms with Gasteiger partial charge in [0.15, 0.2) is 0 Å². The van der Waals surface area contributed by atoms with Crippen molar-refractivity contribution in [1.82, 2.24) is 15.3 Å². The van der Waals surface area contributed by atoms with Crippen molar-refractivity contribution < 1.29 is 4.79 Å². The van der Waals surface area contributed by atoms with Gasteiger partial charge in [-0.05, 0) is 51.2 Å². The van der Waals surface area contributed by atoms with Crippen LogP contribution in [0.2, 0.25) is 0 Å². The maximum absolute atomic E-state index is 12.5. The number of nitrogens with zero attached hydrogens (tertiary/aromatic N) is 3. The maximum atomic E-state index is 12.5. The molecule has 6 heteroatoms. The highest BCUT2D eigenvalue weighted by Crippen LogP contribution is 2.20.